The second-order valence-electron chi connectivity index (χ2n) is 4.77. The molecule has 1 aromatic rings. The highest BCUT2D eigenvalue weighted by molar-refractivity contribution is 6.33. The third-order valence-corrected chi connectivity index (χ3v) is 3.95. The Morgan fingerprint density at radius 3 is 2.60 bits per heavy atom. The van der Waals surface area contributed by atoms with Gasteiger partial charge >= 0.3 is 5.97 Å². The second kappa shape index (κ2) is 4.80. The number of Topliss-reactive ketones (excluding diaryl/α,β-unsaturated/α-hetero) is 1. The fraction of sp³-hybridized carbons (Fsp3) is 0.200. The molecule has 0 aromatic heterocycles. The maximum atomic E-state index is 12.5. The smallest absolute Gasteiger partial charge is 0.333 e. The SMILES string of the molecule is O=C(O)C1=C2C=C(Cl)C(C(=O)c3ccccc3)N2CC1. The average Bonchev–Trinajstić information content (AvgIpc) is 2.96. The molecule has 1 unspecified atom stereocenters. The Hall–Kier alpha value is -2.07. The predicted octanol–water partition coefficient (Wildman–Crippen LogP) is 2.42. The Kier molecular flexibility index (Phi) is 3.10. The molecule has 0 bridgehead atoms. The monoisotopic (exact) mass is 289 g/mol. The molecular formula is C15H12ClNO3. The standard InChI is InChI=1S/C15H12ClNO3/c16-11-8-12-10(15(19)20)6-7-17(12)13(11)14(18)9-4-2-1-3-5-9/h1-5,8,13H,6-7H2,(H,19,20). The van der Waals surface area contributed by atoms with Crippen molar-refractivity contribution < 1.29 is 14.7 Å². The number of carbonyl (C=O) groups excluding carboxylic acids is 1. The molecule has 0 saturated heterocycles. The number of hydrogen-bond donors (Lipinski definition) is 1. The van der Waals surface area contributed by atoms with Gasteiger partial charge < -0.3 is 10.0 Å². The molecule has 0 spiro atoms. The minimum atomic E-state index is -0.948. The zero-order valence-electron chi connectivity index (χ0n) is 10.5. The van der Waals surface area contributed by atoms with E-state index in [0.717, 1.165) is 0 Å². The second-order valence-corrected chi connectivity index (χ2v) is 5.21. The minimum absolute atomic E-state index is 0.103. The lowest BCUT2D eigenvalue weighted by Crippen LogP contribution is -2.35. The average molecular weight is 290 g/mol. The zero-order valence-corrected chi connectivity index (χ0v) is 11.3. The van der Waals surface area contributed by atoms with Gasteiger partial charge in [0.15, 0.2) is 5.78 Å². The summed E-state index contributed by atoms with van der Waals surface area (Å²) in [5, 5.41) is 9.53. The summed E-state index contributed by atoms with van der Waals surface area (Å²) in [7, 11) is 0. The molecule has 0 amide bonds. The van der Waals surface area contributed by atoms with Crippen molar-refractivity contribution in [3.8, 4) is 0 Å². The summed E-state index contributed by atoms with van der Waals surface area (Å²) >= 11 is 6.17. The first-order valence-corrected chi connectivity index (χ1v) is 6.67. The van der Waals surface area contributed by atoms with Crippen molar-refractivity contribution in [2.75, 3.05) is 6.54 Å². The number of allylic oxidation sites excluding steroid dienone is 1. The lowest BCUT2D eigenvalue weighted by Gasteiger charge is -2.23. The molecule has 1 aromatic carbocycles. The highest BCUT2D eigenvalue weighted by Crippen LogP contribution is 2.38. The summed E-state index contributed by atoms with van der Waals surface area (Å²) in [4.78, 5) is 25.5. The molecule has 0 saturated carbocycles. The summed E-state index contributed by atoms with van der Waals surface area (Å²) in [5.74, 6) is -1.05. The molecule has 20 heavy (non-hydrogen) atoms. The topological polar surface area (TPSA) is 57.6 Å². The van der Waals surface area contributed by atoms with E-state index in [1.807, 2.05) is 6.07 Å². The van der Waals surface area contributed by atoms with Crippen molar-refractivity contribution in [1.82, 2.24) is 4.90 Å². The number of ketones is 1. The Bertz CT molecular complexity index is 648. The van der Waals surface area contributed by atoms with E-state index in [2.05, 4.69) is 0 Å². The number of fused-ring (bicyclic) bond motifs is 1. The van der Waals surface area contributed by atoms with E-state index in [1.54, 1.807) is 35.2 Å². The van der Waals surface area contributed by atoms with Crippen LogP contribution in [0.5, 0.6) is 0 Å². The molecule has 1 atom stereocenters. The number of benzene rings is 1. The van der Waals surface area contributed by atoms with Gasteiger partial charge in [-0.05, 0) is 12.5 Å². The van der Waals surface area contributed by atoms with Crippen LogP contribution in [-0.4, -0.2) is 34.3 Å². The summed E-state index contributed by atoms with van der Waals surface area (Å²) in [6, 6.07) is 8.31. The number of carbonyl (C=O) groups is 2. The van der Waals surface area contributed by atoms with Crippen LogP contribution in [0.15, 0.2) is 52.7 Å². The molecule has 4 nitrogen and oxygen atoms in total. The molecule has 5 heteroatoms. The lowest BCUT2D eigenvalue weighted by atomic mass is 10.0. The Balaban J connectivity index is 1.96. The van der Waals surface area contributed by atoms with Crippen molar-refractivity contribution in [1.29, 1.82) is 0 Å². The first-order chi connectivity index (χ1) is 9.59. The normalized spacial score (nSPS) is 20.9. The molecule has 2 aliphatic rings. The van der Waals surface area contributed by atoms with Gasteiger partial charge in [0, 0.05) is 17.8 Å². The summed E-state index contributed by atoms with van der Waals surface area (Å²) in [6.07, 6.45) is 2.04. The van der Waals surface area contributed by atoms with Crippen LogP contribution in [0.1, 0.15) is 16.8 Å². The number of aliphatic carboxylic acids is 1. The van der Waals surface area contributed by atoms with Gasteiger partial charge in [-0.1, -0.05) is 41.9 Å². The van der Waals surface area contributed by atoms with Gasteiger partial charge in [0.05, 0.1) is 10.6 Å². The molecule has 0 fully saturated rings. The molecule has 102 valence electrons. The van der Waals surface area contributed by atoms with E-state index in [1.165, 1.54) is 0 Å². The largest absolute Gasteiger partial charge is 0.478 e. The number of carboxylic acid groups (broad SMARTS) is 1. The Labute approximate surface area is 121 Å². The highest BCUT2D eigenvalue weighted by atomic mass is 35.5. The van der Waals surface area contributed by atoms with E-state index in [9.17, 15) is 9.59 Å². The predicted molar refractivity (Wildman–Crippen MR) is 74.5 cm³/mol. The molecule has 0 aliphatic carbocycles. The fourth-order valence-electron chi connectivity index (χ4n) is 2.69. The molecular weight excluding hydrogens is 278 g/mol. The van der Waals surface area contributed by atoms with Crippen molar-refractivity contribution >= 4 is 23.4 Å². The third-order valence-electron chi connectivity index (χ3n) is 3.63. The number of nitrogens with zero attached hydrogens (tertiary/aromatic N) is 1. The van der Waals surface area contributed by atoms with Crippen LogP contribution in [0.4, 0.5) is 0 Å². The molecule has 3 rings (SSSR count). The number of carboxylic acids is 1. The summed E-state index contributed by atoms with van der Waals surface area (Å²) in [6.45, 7) is 0.507. The van der Waals surface area contributed by atoms with Crippen LogP contribution >= 0.6 is 11.6 Å². The van der Waals surface area contributed by atoms with Crippen LogP contribution in [0, 0.1) is 0 Å². The first kappa shape index (κ1) is 12.9. The van der Waals surface area contributed by atoms with Crippen LogP contribution in [-0.2, 0) is 4.79 Å². The van der Waals surface area contributed by atoms with Crippen molar-refractivity contribution in [2.24, 2.45) is 0 Å². The van der Waals surface area contributed by atoms with Gasteiger partial charge in [-0.3, -0.25) is 4.79 Å². The quantitative estimate of drug-likeness (QED) is 0.868. The Morgan fingerprint density at radius 2 is 1.95 bits per heavy atom. The lowest BCUT2D eigenvalue weighted by molar-refractivity contribution is -0.132. The van der Waals surface area contributed by atoms with Crippen molar-refractivity contribution in [3.05, 3.63) is 58.3 Å². The van der Waals surface area contributed by atoms with Gasteiger partial charge in [-0.25, -0.2) is 4.79 Å². The van der Waals surface area contributed by atoms with E-state index >= 15 is 0 Å². The maximum absolute atomic E-state index is 12.5. The number of halogens is 1. The zero-order chi connectivity index (χ0) is 14.3. The minimum Gasteiger partial charge on any atom is -0.478 e. The van der Waals surface area contributed by atoms with E-state index in [0.29, 0.717) is 34.8 Å². The highest BCUT2D eigenvalue weighted by Gasteiger charge is 2.40. The van der Waals surface area contributed by atoms with Gasteiger partial charge in [0.2, 0.25) is 0 Å². The van der Waals surface area contributed by atoms with Crippen LogP contribution < -0.4 is 0 Å². The van der Waals surface area contributed by atoms with E-state index in [4.69, 9.17) is 16.7 Å². The summed E-state index contributed by atoms with van der Waals surface area (Å²) in [5.41, 5.74) is 1.47. The first-order valence-electron chi connectivity index (χ1n) is 6.29. The van der Waals surface area contributed by atoms with Gasteiger partial charge in [0.1, 0.15) is 6.04 Å². The van der Waals surface area contributed by atoms with Crippen molar-refractivity contribution in [2.45, 2.75) is 12.5 Å². The van der Waals surface area contributed by atoms with E-state index < -0.39 is 12.0 Å². The number of hydrogen-bond acceptors (Lipinski definition) is 3. The molecule has 1 N–H and O–H groups in total. The molecule has 0 radical (unpaired) electrons. The van der Waals surface area contributed by atoms with Gasteiger partial charge in [-0.15, -0.1) is 0 Å². The Morgan fingerprint density at radius 1 is 1.25 bits per heavy atom. The van der Waals surface area contributed by atoms with Gasteiger partial charge in [-0.2, -0.15) is 0 Å². The number of rotatable bonds is 3. The van der Waals surface area contributed by atoms with Crippen LogP contribution in [0.2, 0.25) is 0 Å². The van der Waals surface area contributed by atoms with Crippen LogP contribution in [0.3, 0.4) is 0 Å². The molecule has 2 aliphatic heterocycles. The third kappa shape index (κ3) is 1.93. The summed E-state index contributed by atoms with van der Waals surface area (Å²) < 4.78 is 0. The van der Waals surface area contributed by atoms with Crippen LogP contribution in [0.25, 0.3) is 0 Å². The van der Waals surface area contributed by atoms with Gasteiger partial charge in [0.25, 0.3) is 0 Å². The van der Waals surface area contributed by atoms with Crippen molar-refractivity contribution in [3.63, 3.8) is 0 Å². The van der Waals surface area contributed by atoms with E-state index in [-0.39, 0.29) is 5.78 Å². The fourth-order valence-corrected chi connectivity index (χ4v) is 3.01. The maximum Gasteiger partial charge on any atom is 0.333 e. The molecule has 2 heterocycles.